The number of phenols is 1. The maximum atomic E-state index is 12.3. The van der Waals surface area contributed by atoms with Gasteiger partial charge >= 0.3 is 5.69 Å². The lowest BCUT2D eigenvalue weighted by Gasteiger charge is -2.16. The molecule has 0 saturated carbocycles. The molecule has 27 heavy (non-hydrogen) atoms. The average Bonchev–Trinajstić information content (AvgIpc) is 3.00. The molecular weight excluding hydrogens is 348 g/mol. The van der Waals surface area contributed by atoms with Crippen LogP contribution in [0.5, 0.6) is 17.2 Å². The maximum Gasteiger partial charge on any atom is 0.368 e. The Morgan fingerprint density at radius 1 is 1.07 bits per heavy atom. The second-order valence-corrected chi connectivity index (χ2v) is 5.92. The Labute approximate surface area is 156 Å². The monoisotopic (exact) mass is 370 g/mol. The number of tetrazole rings is 1. The third-order valence-electron chi connectivity index (χ3n) is 4.15. The molecule has 0 aliphatic carbocycles. The molecule has 0 saturated heterocycles. The minimum atomic E-state index is -0.358. The summed E-state index contributed by atoms with van der Waals surface area (Å²) in [6.07, 6.45) is 0.716. The van der Waals surface area contributed by atoms with Gasteiger partial charge in [-0.2, -0.15) is 9.36 Å². The zero-order chi connectivity index (χ0) is 19.4. The Bertz CT molecular complexity index is 994. The number of rotatable bonds is 7. The third-order valence-corrected chi connectivity index (χ3v) is 4.15. The normalized spacial score (nSPS) is 10.8. The lowest BCUT2D eigenvalue weighted by atomic mass is 10.1. The highest BCUT2D eigenvalue weighted by molar-refractivity contribution is 5.49. The lowest BCUT2D eigenvalue weighted by Crippen LogP contribution is -2.23. The Kier molecular flexibility index (Phi) is 5.44. The Hall–Kier alpha value is -3.29. The first kappa shape index (κ1) is 18.5. The molecule has 1 aromatic heterocycles. The number of ether oxygens (including phenoxy) is 2. The van der Waals surface area contributed by atoms with Crippen molar-refractivity contribution in [3.8, 4) is 22.9 Å². The first-order chi connectivity index (χ1) is 13.0. The van der Waals surface area contributed by atoms with Gasteiger partial charge in [-0.15, -0.1) is 0 Å². The number of benzene rings is 2. The molecule has 3 aromatic rings. The fraction of sp³-hybridized carbons (Fsp3) is 0.316. The SMILES string of the molecule is CCOc1cccc(-n2nnn(C)c2=O)c1COc1ccc(O)cc1CC. The molecular formula is C19H22N4O4. The van der Waals surface area contributed by atoms with Crippen LogP contribution in [0.3, 0.4) is 0 Å². The van der Waals surface area contributed by atoms with E-state index in [9.17, 15) is 9.90 Å². The topological polar surface area (TPSA) is 91.4 Å². The molecule has 3 rings (SSSR count). The van der Waals surface area contributed by atoms with E-state index in [-0.39, 0.29) is 18.0 Å². The van der Waals surface area contributed by atoms with Crippen molar-refractivity contribution >= 4 is 0 Å². The first-order valence-corrected chi connectivity index (χ1v) is 8.73. The van der Waals surface area contributed by atoms with Crippen molar-refractivity contribution < 1.29 is 14.6 Å². The highest BCUT2D eigenvalue weighted by Crippen LogP contribution is 2.29. The van der Waals surface area contributed by atoms with Crippen molar-refractivity contribution in [2.75, 3.05) is 6.61 Å². The molecule has 1 N–H and O–H groups in total. The van der Waals surface area contributed by atoms with E-state index in [1.165, 1.54) is 4.68 Å². The van der Waals surface area contributed by atoms with Gasteiger partial charge in [-0.05, 0) is 59.7 Å². The van der Waals surface area contributed by atoms with Crippen LogP contribution in [-0.4, -0.2) is 31.5 Å². The quantitative estimate of drug-likeness (QED) is 0.686. The van der Waals surface area contributed by atoms with E-state index in [4.69, 9.17) is 9.47 Å². The predicted molar refractivity (Wildman–Crippen MR) is 99.6 cm³/mol. The minimum Gasteiger partial charge on any atom is -0.508 e. The van der Waals surface area contributed by atoms with Gasteiger partial charge in [-0.1, -0.05) is 13.0 Å². The molecule has 8 heteroatoms. The molecule has 142 valence electrons. The maximum absolute atomic E-state index is 12.3. The lowest BCUT2D eigenvalue weighted by molar-refractivity contribution is 0.283. The Morgan fingerprint density at radius 2 is 1.89 bits per heavy atom. The van der Waals surface area contributed by atoms with Gasteiger partial charge in [0.1, 0.15) is 23.9 Å². The van der Waals surface area contributed by atoms with Crippen molar-refractivity contribution in [2.24, 2.45) is 7.05 Å². The molecule has 0 radical (unpaired) electrons. The van der Waals surface area contributed by atoms with Crippen LogP contribution >= 0.6 is 0 Å². The number of phenolic OH excluding ortho intramolecular Hbond substituents is 1. The van der Waals surface area contributed by atoms with Gasteiger partial charge < -0.3 is 14.6 Å². The molecule has 0 aliphatic rings. The summed E-state index contributed by atoms with van der Waals surface area (Å²) in [5.74, 6) is 1.48. The number of nitrogens with zero attached hydrogens (tertiary/aromatic N) is 4. The predicted octanol–water partition coefficient (Wildman–Crippen LogP) is 2.21. The summed E-state index contributed by atoms with van der Waals surface area (Å²) >= 11 is 0. The van der Waals surface area contributed by atoms with E-state index in [1.807, 2.05) is 19.9 Å². The molecule has 1 heterocycles. The van der Waals surface area contributed by atoms with Gasteiger partial charge in [-0.3, -0.25) is 0 Å². The van der Waals surface area contributed by atoms with Crippen LogP contribution < -0.4 is 15.2 Å². The van der Waals surface area contributed by atoms with Gasteiger partial charge in [0.2, 0.25) is 0 Å². The van der Waals surface area contributed by atoms with Gasteiger partial charge in [0.05, 0.1) is 17.9 Å². The molecule has 0 atom stereocenters. The molecule has 8 nitrogen and oxygen atoms in total. The van der Waals surface area contributed by atoms with Crippen LogP contribution in [0.25, 0.3) is 5.69 Å². The van der Waals surface area contributed by atoms with E-state index < -0.39 is 0 Å². The van der Waals surface area contributed by atoms with Gasteiger partial charge in [0.25, 0.3) is 0 Å². The van der Waals surface area contributed by atoms with Crippen LogP contribution in [0.2, 0.25) is 0 Å². The summed E-state index contributed by atoms with van der Waals surface area (Å²) in [4.78, 5) is 12.3. The zero-order valence-electron chi connectivity index (χ0n) is 15.5. The van der Waals surface area contributed by atoms with Crippen LogP contribution in [-0.2, 0) is 20.1 Å². The summed E-state index contributed by atoms with van der Waals surface area (Å²) < 4.78 is 14.1. The number of hydrogen-bond acceptors (Lipinski definition) is 6. The fourth-order valence-electron chi connectivity index (χ4n) is 2.79. The highest BCUT2D eigenvalue weighted by atomic mass is 16.5. The van der Waals surface area contributed by atoms with E-state index >= 15 is 0 Å². The second kappa shape index (κ2) is 7.94. The number of aromatic nitrogens is 4. The summed E-state index contributed by atoms with van der Waals surface area (Å²) in [6, 6.07) is 10.4. The van der Waals surface area contributed by atoms with Crippen molar-refractivity contribution in [1.82, 2.24) is 19.8 Å². The Morgan fingerprint density at radius 3 is 2.56 bits per heavy atom. The van der Waals surface area contributed by atoms with E-state index in [2.05, 4.69) is 10.4 Å². The largest absolute Gasteiger partial charge is 0.508 e. The first-order valence-electron chi connectivity index (χ1n) is 8.73. The molecule has 0 bridgehead atoms. The van der Waals surface area contributed by atoms with Gasteiger partial charge in [0, 0.05) is 7.05 Å². The molecule has 0 fully saturated rings. The minimum absolute atomic E-state index is 0.173. The van der Waals surface area contributed by atoms with Crippen molar-refractivity contribution in [3.05, 3.63) is 58.0 Å². The molecule has 0 spiro atoms. The van der Waals surface area contributed by atoms with Crippen LogP contribution in [0.4, 0.5) is 0 Å². The van der Waals surface area contributed by atoms with Gasteiger partial charge in [-0.25, -0.2) is 4.79 Å². The molecule has 0 aliphatic heterocycles. The van der Waals surface area contributed by atoms with Crippen LogP contribution in [0, 0.1) is 0 Å². The van der Waals surface area contributed by atoms with E-state index in [0.717, 1.165) is 10.2 Å². The summed E-state index contributed by atoms with van der Waals surface area (Å²) in [5.41, 5.74) is 1.78. The number of aromatic hydroxyl groups is 1. The summed E-state index contributed by atoms with van der Waals surface area (Å²) in [7, 11) is 1.54. The molecule has 0 amide bonds. The van der Waals surface area contributed by atoms with Crippen molar-refractivity contribution in [1.29, 1.82) is 0 Å². The average molecular weight is 370 g/mol. The number of hydrogen-bond donors (Lipinski definition) is 1. The number of aryl methyl sites for hydroxylation is 2. The van der Waals surface area contributed by atoms with Crippen molar-refractivity contribution in [3.63, 3.8) is 0 Å². The Balaban J connectivity index is 2.01. The second-order valence-electron chi connectivity index (χ2n) is 5.92. The fourth-order valence-corrected chi connectivity index (χ4v) is 2.79. The highest BCUT2D eigenvalue weighted by Gasteiger charge is 2.17. The summed E-state index contributed by atoms with van der Waals surface area (Å²) in [5, 5.41) is 17.4. The summed E-state index contributed by atoms with van der Waals surface area (Å²) in [6.45, 7) is 4.53. The molecule has 2 aromatic carbocycles. The van der Waals surface area contributed by atoms with Gasteiger partial charge in [0.15, 0.2) is 0 Å². The zero-order valence-corrected chi connectivity index (χ0v) is 15.5. The van der Waals surface area contributed by atoms with E-state index in [1.54, 1.807) is 37.4 Å². The van der Waals surface area contributed by atoms with Crippen molar-refractivity contribution in [2.45, 2.75) is 26.9 Å². The molecule has 0 unspecified atom stereocenters. The van der Waals surface area contributed by atoms with E-state index in [0.29, 0.717) is 35.8 Å². The standard InChI is InChI=1S/C19H22N4O4/c1-4-13-11-14(24)9-10-17(13)27-12-15-16(7-6-8-18(15)26-5-2)23-19(25)22(3)20-21-23/h6-11,24H,4-5,12H2,1-3H3. The third kappa shape index (κ3) is 3.79. The smallest absolute Gasteiger partial charge is 0.368 e. The van der Waals surface area contributed by atoms with Crippen LogP contribution in [0.15, 0.2) is 41.2 Å². The van der Waals surface area contributed by atoms with Crippen LogP contribution in [0.1, 0.15) is 25.0 Å².